The normalized spacial score (nSPS) is 50.9. The fourth-order valence-electron chi connectivity index (χ4n) is 8.23. The number of nitrogens with zero attached hydrogens (tertiary/aromatic N) is 1. The van der Waals surface area contributed by atoms with Gasteiger partial charge in [0, 0.05) is 18.8 Å². The van der Waals surface area contributed by atoms with Gasteiger partial charge in [-0.05, 0) is 75.5 Å². The summed E-state index contributed by atoms with van der Waals surface area (Å²) in [5, 5.41) is 10.3. The number of esters is 1. The molecular formula is C25H35NO4. The summed E-state index contributed by atoms with van der Waals surface area (Å²) in [6.07, 6.45) is 9.37. The Morgan fingerprint density at radius 2 is 1.97 bits per heavy atom. The molecule has 0 amide bonds. The zero-order chi connectivity index (χ0) is 21.5. The van der Waals surface area contributed by atoms with E-state index in [1.807, 2.05) is 13.8 Å². The highest BCUT2D eigenvalue weighted by atomic mass is 16.8. The highest BCUT2D eigenvalue weighted by Gasteiger charge is 2.73. The second-order valence-electron chi connectivity index (χ2n) is 11.4. The van der Waals surface area contributed by atoms with E-state index in [0.29, 0.717) is 17.8 Å². The van der Waals surface area contributed by atoms with Gasteiger partial charge in [-0.15, -0.1) is 0 Å². The molecule has 164 valence electrons. The summed E-state index contributed by atoms with van der Waals surface area (Å²) in [6, 6.07) is 2.61. The van der Waals surface area contributed by atoms with Crippen LogP contribution in [0, 0.1) is 39.9 Å². The van der Waals surface area contributed by atoms with Crippen LogP contribution in [0.25, 0.3) is 0 Å². The van der Waals surface area contributed by atoms with Crippen molar-refractivity contribution in [2.24, 2.45) is 28.6 Å². The predicted octanol–water partition coefficient (Wildman–Crippen LogP) is 4.90. The molecule has 5 rings (SSSR count). The van der Waals surface area contributed by atoms with E-state index >= 15 is 0 Å². The molecule has 5 aliphatic rings. The molecule has 0 aromatic carbocycles. The number of fused-ring (bicyclic) bond motifs is 7. The maximum atomic E-state index is 11.4. The number of nitriles is 1. The zero-order valence-corrected chi connectivity index (χ0v) is 19.0. The SMILES string of the molecule is CC(=O)O[C@@H]1CC[C@@]2(C)C(=CC[C@@H]3[C@@H]2CC[C@@]2(C)[C@H]3C[C@H]3OC(C)(C)O[C@]32C#N)C1. The molecule has 0 spiro atoms. The average molecular weight is 414 g/mol. The molecule has 8 atom stereocenters. The van der Waals surface area contributed by atoms with Crippen molar-refractivity contribution in [1.29, 1.82) is 5.26 Å². The molecule has 0 unspecified atom stereocenters. The highest BCUT2D eigenvalue weighted by molar-refractivity contribution is 5.66. The molecule has 0 bridgehead atoms. The minimum Gasteiger partial charge on any atom is -0.462 e. The van der Waals surface area contributed by atoms with Crippen molar-refractivity contribution < 1.29 is 19.0 Å². The average Bonchev–Trinajstić information content (AvgIpc) is 3.07. The van der Waals surface area contributed by atoms with Crippen LogP contribution >= 0.6 is 0 Å². The van der Waals surface area contributed by atoms with Crippen LogP contribution in [0.3, 0.4) is 0 Å². The Balaban J connectivity index is 1.45. The van der Waals surface area contributed by atoms with Gasteiger partial charge in [0.15, 0.2) is 11.4 Å². The molecule has 5 nitrogen and oxygen atoms in total. The topological polar surface area (TPSA) is 68.6 Å². The molecule has 5 heteroatoms. The number of carbonyl (C=O) groups is 1. The van der Waals surface area contributed by atoms with E-state index in [0.717, 1.165) is 44.9 Å². The van der Waals surface area contributed by atoms with Gasteiger partial charge in [0.25, 0.3) is 0 Å². The minimum atomic E-state index is -0.829. The van der Waals surface area contributed by atoms with Gasteiger partial charge in [-0.25, -0.2) is 0 Å². The van der Waals surface area contributed by atoms with E-state index in [-0.39, 0.29) is 29.0 Å². The van der Waals surface area contributed by atoms with Gasteiger partial charge >= 0.3 is 5.97 Å². The van der Waals surface area contributed by atoms with Gasteiger partial charge in [-0.1, -0.05) is 25.5 Å². The first-order chi connectivity index (χ1) is 14.0. The van der Waals surface area contributed by atoms with E-state index < -0.39 is 11.4 Å². The third-order valence-corrected chi connectivity index (χ3v) is 9.55. The van der Waals surface area contributed by atoms with E-state index in [2.05, 4.69) is 26.0 Å². The van der Waals surface area contributed by atoms with Crippen LogP contribution in [0.5, 0.6) is 0 Å². The monoisotopic (exact) mass is 413 g/mol. The lowest BCUT2D eigenvalue weighted by Gasteiger charge is -2.58. The van der Waals surface area contributed by atoms with E-state index in [1.54, 1.807) is 0 Å². The van der Waals surface area contributed by atoms with Gasteiger partial charge in [0.1, 0.15) is 18.3 Å². The van der Waals surface area contributed by atoms with Crippen LogP contribution in [-0.2, 0) is 19.0 Å². The maximum absolute atomic E-state index is 11.4. The van der Waals surface area contributed by atoms with Crippen molar-refractivity contribution in [3.8, 4) is 6.07 Å². The van der Waals surface area contributed by atoms with Crippen LogP contribution < -0.4 is 0 Å². The van der Waals surface area contributed by atoms with E-state index in [4.69, 9.17) is 14.2 Å². The Morgan fingerprint density at radius 1 is 1.20 bits per heavy atom. The van der Waals surface area contributed by atoms with Crippen molar-refractivity contribution >= 4 is 5.97 Å². The Labute approximate surface area is 180 Å². The molecular weight excluding hydrogens is 378 g/mol. The molecule has 1 saturated heterocycles. The van der Waals surface area contributed by atoms with Crippen LogP contribution in [0.15, 0.2) is 11.6 Å². The second kappa shape index (κ2) is 6.33. The molecule has 0 N–H and O–H groups in total. The number of hydrogen-bond acceptors (Lipinski definition) is 5. The summed E-state index contributed by atoms with van der Waals surface area (Å²) in [5.41, 5.74) is 0.674. The van der Waals surface area contributed by atoms with Crippen molar-refractivity contribution in [2.45, 2.75) is 103 Å². The quantitative estimate of drug-likeness (QED) is 0.451. The summed E-state index contributed by atoms with van der Waals surface area (Å²) in [7, 11) is 0. The first-order valence-corrected chi connectivity index (χ1v) is 11.7. The van der Waals surface area contributed by atoms with Crippen molar-refractivity contribution in [3.63, 3.8) is 0 Å². The molecule has 1 aliphatic heterocycles. The molecule has 0 aromatic rings. The number of allylic oxidation sites excluding steroid dienone is 1. The third kappa shape index (κ3) is 2.56. The lowest BCUT2D eigenvalue weighted by Crippen LogP contribution is -2.56. The summed E-state index contributed by atoms with van der Waals surface area (Å²) in [5.74, 6) is 0.767. The van der Waals surface area contributed by atoms with Crippen molar-refractivity contribution in [1.82, 2.24) is 0 Å². The van der Waals surface area contributed by atoms with Crippen LogP contribution in [0.1, 0.15) is 79.6 Å². The van der Waals surface area contributed by atoms with Gasteiger partial charge < -0.3 is 14.2 Å². The summed E-state index contributed by atoms with van der Waals surface area (Å²) < 4.78 is 18.2. The Morgan fingerprint density at radius 3 is 2.67 bits per heavy atom. The van der Waals surface area contributed by atoms with Gasteiger partial charge in [-0.2, -0.15) is 5.26 Å². The summed E-state index contributed by atoms with van der Waals surface area (Å²) in [4.78, 5) is 11.4. The largest absolute Gasteiger partial charge is 0.462 e. The Kier molecular flexibility index (Phi) is 4.33. The lowest BCUT2D eigenvalue weighted by molar-refractivity contribution is -0.199. The van der Waals surface area contributed by atoms with Crippen molar-refractivity contribution in [3.05, 3.63) is 11.6 Å². The summed E-state index contributed by atoms with van der Waals surface area (Å²) in [6.45, 7) is 10.1. The van der Waals surface area contributed by atoms with E-state index in [1.165, 1.54) is 12.5 Å². The Hall–Kier alpha value is -1.38. The fraction of sp³-hybridized carbons (Fsp3) is 0.840. The van der Waals surface area contributed by atoms with Crippen LogP contribution in [-0.4, -0.2) is 29.6 Å². The van der Waals surface area contributed by atoms with Crippen LogP contribution in [0.2, 0.25) is 0 Å². The maximum Gasteiger partial charge on any atom is 0.302 e. The highest BCUT2D eigenvalue weighted by Crippen LogP contribution is 2.70. The number of rotatable bonds is 1. The first kappa shape index (κ1) is 20.5. The molecule has 3 saturated carbocycles. The summed E-state index contributed by atoms with van der Waals surface area (Å²) >= 11 is 0. The molecule has 1 heterocycles. The number of ether oxygens (including phenoxy) is 3. The minimum absolute atomic E-state index is 0.0314. The molecule has 0 radical (unpaired) electrons. The van der Waals surface area contributed by atoms with Crippen LogP contribution in [0.4, 0.5) is 0 Å². The van der Waals surface area contributed by atoms with Gasteiger partial charge in [-0.3, -0.25) is 4.79 Å². The van der Waals surface area contributed by atoms with Gasteiger partial charge in [0.05, 0.1) is 0 Å². The molecule has 30 heavy (non-hydrogen) atoms. The first-order valence-electron chi connectivity index (χ1n) is 11.7. The predicted molar refractivity (Wildman–Crippen MR) is 111 cm³/mol. The fourth-order valence-corrected chi connectivity index (χ4v) is 8.23. The standard InChI is InChI=1S/C25H35NO4/c1-15(27)28-17-8-10-23(4)16(12-17)6-7-18-19(23)9-11-24(5)20(18)13-21-25(24,14-26)30-22(2,3)29-21/h6,17-21H,7-13H2,1-5H3/t17-,18-,19+,20+,21-,23+,24+,25-/m1/s1. The van der Waals surface area contributed by atoms with Crippen molar-refractivity contribution in [2.75, 3.05) is 0 Å². The lowest BCUT2D eigenvalue weighted by atomic mass is 9.47. The second-order valence-corrected chi connectivity index (χ2v) is 11.4. The zero-order valence-electron chi connectivity index (χ0n) is 19.0. The molecule has 0 aromatic heterocycles. The smallest absolute Gasteiger partial charge is 0.302 e. The molecule has 4 fully saturated rings. The Bertz CT molecular complexity index is 843. The third-order valence-electron chi connectivity index (χ3n) is 9.55. The van der Waals surface area contributed by atoms with Gasteiger partial charge in [0.2, 0.25) is 0 Å². The molecule has 4 aliphatic carbocycles. The number of carbonyl (C=O) groups excluding carboxylic acids is 1. The number of hydrogen-bond donors (Lipinski definition) is 0. The van der Waals surface area contributed by atoms with E-state index in [9.17, 15) is 10.1 Å².